The molecule has 3 aromatic carbocycles. The number of carbonyl (C=O) groups is 1. The maximum Gasteiger partial charge on any atom is 0.323 e. The zero-order valence-electron chi connectivity index (χ0n) is 16.2. The summed E-state index contributed by atoms with van der Waals surface area (Å²) >= 11 is 3.60. The summed E-state index contributed by atoms with van der Waals surface area (Å²) in [4.78, 5) is 12.6. The van der Waals surface area contributed by atoms with Crippen molar-refractivity contribution in [2.75, 3.05) is 17.2 Å². The maximum atomic E-state index is 12.6. The first-order valence-electron chi connectivity index (χ1n) is 9.76. The van der Waals surface area contributed by atoms with Crippen molar-refractivity contribution < 1.29 is 9.53 Å². The van der Waals surface area contributed by atoms with Gasteiger partial charge in [-0.15, -0.1) is 0 Å². The Hall–Kier alpha value is -2.79. The van der Waals surface area contributed by atoms with Gasteiger partial charge in [0.2, 0.25) is 0 Å². The first-order valence-corrected chi connectivity index (χ1v) is 10.6. The Morgan fingerprint density at radius 2 is 1.79 bits per heavy atom. The summed E-state index contributed by atoms with van der Waals surface area (Å²) in [6, 6.07) is 21.9. The van der Waals surface area contributed by atoms with Crippen LogP contribution >= 0.6 is 15.9 Å². The molecule has 2 amide bonds. The van der Waals surface area contributed by atoms with Crippen LogP contribution in [0.5, 0.6) is 5.75 Å². The molecule has 148 valence electrons. The number of amides is 2. The summed E-state index contributed by atoms with van der Waals surface area (Å²) in [6.45, 7) is 2.65. The molecule has 1 aliphatic rings. The van der Waals surface area contributed by atoms with Crippen molar-refractivity contribution in [3.05, 3.63) is 87.9 Å². The lowest BCUT2D eigenvalue weighted by Gasteiger charge is -2.20. The molecule has 0 spiro atoms. The molecule has 1 atom stereocenters. The Kier molecular flexibility index (Phi) is 5.86. The molecule has 1 aliphatic heterocycles. The summed E-state index contributed by atoms with van der Waals surface area (Å²) in [5.41, 5.74) is 4.91. The molecular weight excluding hydrogens is 428 g/mol. The molecule has 0 bridgehead atoms. The van der Waals surface area contributed by atoms with E-state index in [1.807, 2.05) is 43.3 Å². The summed E-state index contributed by atoms with van der Waals surface area (Å²) in [7, 11) is 0. The van der Waals surface area contributed by atoms with Crippen molar-refractivity contribution in [2.45, 2.75) is 25.7 Å². The van der Waals surface area contributed by atoms with Crippen LogP contribution in [0.3, 0.4) is 0 Å². The fourth-order valence-corrected chi connectivity index (χ4v) is 4.17. The number of carbonyl (C=O) groups excluding carboxylic acids is 1. The van der Waals surface area contributed by atoms with Gasteiger partial charge in [0.15, 0.2) is 0 Å². The van der Waals surface area contributed by atoms with Gasteiger partial charge >= 0.3 is 6.03 Å². The van der Waals surface area contributed by atoms with Gasteiger partial charge in [-0.05, 0) is 49.6 Å². The summed E-state index contributed by atoms with van der Waals surface area (Å²) in [5, 5.41) is 5.85. The van der Waals surface area contributed by atoms with Gasteiger partial charge in [-0.2, -0.15) is 0 Å². The average Bonchev–Trinajstić information content (AvgIpc) is 2.93. The highest BCUT2D eigenvalue weighted by Gasteiger charge is 2.25. The molecule has 0 radical (unpaired) electrons. The van der Waals surface area contributed by atoms with Crippen molar-refractivity contribution in [1.82, 2.24) is 0 Å². The fourth-order valence-electron chi connectivity index (χ4n) is 3.70. The van der Waals surface area contributed by atoms with E-state index in [0.29, 0.717) is 12.3 Å². The van der Waals surface area contributed by atoms with Crippen LogP contribution in [-0.4, -0.2) is 12.6 Å². The minimum atomic E-state index is -0.293. The molecule has 5 heteroatoms. The Labute approximate surface area is 179 Å². The highest BCUT2D eigenvalue weighted by molar-refractivity contribution is 9.10. The lowest BCUT2D eigenvalue weighted by atomic mass is 9.87. The van der Waals surface area contributed by atoms with E-state index in [1.54, 1.807) is 0 Å². The lowest BCUT2D eigenvalue weighted by molar-refractivity contribution is 0.262. The first kappa shape index (κ1) is 19.5. The van der Waals surface area contributed by atoms with E-state index in [0.717, 1.165) is 39.9 Å². The van der Waals surface area contributed by atoms with Crippen LogP contribution in [0.25, 0.3) is 0 Å². The van der Waals surface area contributed by atoms with Gasteiger partial charge < -0.3 is 15.4 Å². The van der Waals surface area contributed by atoms with E-state index < -0.39 is 0 Å². The SMILES string of the molecule is Cc1ccc(NC(=O)Nc2cc(Br)cc3c2OCCCC3c2ccccc2)cc1. The standard InChI is InChI=1S/C24H23BrN2O2/c1-16-9-11-19(12-10-16)26-24(28)27-22-15-18(25)14-21-20(8-5-13-29-23(21)22)17-6-3-2-4-7-17/h2-4,6-7,9-12,14-15,20H,5,8,13H2,1H3,(H2,26,27,28). The second-order valence-electron chi connectivity index (χ2n) is 7.27. The zero-order valence-corrected chi connectivity index (χ0v) is 17.8. The van der Waals surface area contributed by atoms with E-state index in [1.165, 1.54) is 5.56 Å². The molecule has 4 nitrogen and oxygen atoms in total. The van der Waals surface area contributed by atoms with Crippen LogP contribution in [0.4, 0.5) is 16.2 Å². The van der Waals surface area contributed by atoms with Crippen LogP contribution in [0.1, 0.15) is 35.4 Å². The van der Waals surface area contributed by atoms with Gasteiger partial charge in [0.05, 0.1) is 12.3 Å². The third kappa shape index (κ3) is 4.62. The topological polar surface area (TPSA) is 50.4 Å². The summed E-state index contributed by atoms with van der Waals surface area (Å²) < 4.78 is 7.00. The number of fused-ring (bicyclic) bond motifs is 1. The molecular formula is C24H23BrN2O2. The number of urea groups is 1. The molecule has 0 aliphatic carbocycles. The number of aryl methyl sites for hydroxylation is 1. The first-order chi connectivity index (χ1) is 14.1. The Morgan fingerprint density at radius 1 is 1.03 bits per heavy atom. The number of benzene rings is 3. The minimum absolute atomic E-state index is 0.229. The van der Waals surface area contributed by atoms with E-state index in [-0.39, 0.29) is 11.9 Å². The van der Waals surface area contributed by atoms with Crippen molar-refractivity contribution >= 4 is 33.3 Å². The van der Waals surface area contributed by atoms with E-state index >= 15 is 0 Å². The van der Waals surface area contributed by atoms with Crippen LogP contribution in [0.15, 0.2) is 71.2 Å². The van der Waals surface area contributed by atoms with Crippen LogP contribution in [0, 0.1) is 6.92 Å². The second kappa shape index (κ2) is 8.70. The van der Waals surface area contributed by atoms with Crippen LogP contribution < -0.4 is 15.4 Å². The predicted octanol–water partition coefficient (Wildman–Crippen LogP) is 6.71. The largest absolute Gasteiger partial charge is 0.491 e. The molecule has 3 aromatic rings. The number of nitrogens with one attached hydrogen (secondary N) is 2. The molecule has 0 saturated heterocycles. The average molecular weight is 451 g/mol. The quantitative estimate of drug-likeness (QED) is 0.465. The number of hydrogen-bond donors (Lipinski definition) is 2. The van der Waals surface area contributed by atoms with Gasteiger partial charge in [0.1, 0.15) is 5.75 Å². The highest BCUT2D eigenvalue weighted by Crippen LogP contribution is 2.43. The van der Waals surface area contributed by atoms with E-state index in [9.17, 15) is 4.79 Å². The molecule has 0 saturated carbocycles. The molecule has 0 aromatic heterocycles. The van der Waals surface area contributed by atoms with Crippen molar-refractivity contribution in [3.63, 3.8) is 0 Å². The third-order valence-corrected chi connectivity index (χ3v) is 5.56. The minimum Gasteiger partial charge on any atom is -0.491 e. The fraction of sp³-hybridized carbons (Fsp3) is 0.208. The normalized spacial score (nSPS) is 15.6. The van der Waals surface area contributed by atoms with E-state index in [2.05, 4.69) is 56.9 Å². The Bertz CT molecular complexity index is 1000. The number of rotatable bonds is 3. The number of halogens is 1. The van der Waals surface area contributed by atoms with Crippen LogP contribution in [0.2, 0.25) is 0 Å². The monoisotopic (exact) mass is 450 g/mol. The Morgan fingerprint density at radius 3 is 2.55 bits per heavy atom. The number of anilines is 2. The van der Waals surface area contributed by atoms with Crippen molar-refractivity contribution in [3.8, 4) is 5.75 Å². The van der Waals surface area contributed by atoms with Crippen LogP contribution in [-0.2, 0) is 0 Å². The number of hydrogen-bond acceptors (Lipinski definition) is 2. The highest BCUT2D eigenvalue weighted by atomic mass is 79.9. The second-order valence-corrected chi connectivity index (χ2v) is 8.19. The molecule has 2 N–H and O–H groups in total. The molecule has 1 heterocycles. The van der Waals surface area contributed by atoms with Gasteiger partial charge in [0, 0.05) is 21.6 Å². The van der Waals surface area contributed by atoms with Crippen molar-refractivity contribution in [2.24, 2.45) is 0 Å². The Balaban J connectivity index is 1.63. The lowest BCUT2D eigenvalue weighted by Crippen LogP contribution is -2.20. The van der Waals surface area contributed by atoms with E-state index in [4.69, 9.17) is 4.74 Å². The van der Waals surface area contributed by atoms with Gasteiger partial charge in [0.25, 0.3) is 0 Å². The maximum absolute atomic E-state index is 12.6. The summed E-state index contributed by atoms with van der Waals surface area (Å²) in [5.74, 6) is 0.977. The van der Waals surface area contributed by atoms with Gasteiger partial charge in [-0.3, -0.25) is 0 Å². The van der Waals surface area contributed by atoms with Crippen molar-refractivity contribution in [1.29, 1.82) is 0 Å². The summed E-state index contributed by atoms with van der Waals surface area (Å²) in [6.07, 6.45) is 1.96. The van der Waals surface area contributed by atoms with Gasteiger partial charge in [-0.25, -0.2) is 4.79 Å². The molecule has 1 unspecified atom stereocenters. The van der Waals surface area contributed by atoms with Gasteiger partial charge in [-0.1, -0.05) is 64.0 Å². The smallest absolute Gasteiger partial charge is 0.323 e. The predicted molar refractivity (Wildman–Crippen MR) is 121 cm³/mol. The third-order valence-electron chi connectivity index (χ3n) is 5.10. The number of ether oxygens (including phenoxy) is 1. The zero-order chi connectivity index (χ0) is 20.2. The molecule has 0 fully saturated rings. The molecule has 4 rings (SSSR count). The molecule has 29 heavy (non-hydrogen) atoms.